The molecule has 4 heteroatoms. The number of azo groups is 1. The van der Waals surface area contributed by atoms with E-state index in [1.807, 2.05) is 18.2 Å². The molecule has 1 aromatic rings. The van der Waals surface area contributed by atoms with Gasteiger partial charge in [-0.1, -0.05) is 12.1 Å². The molecule has 0 aromatic heterocycles. The fourth-order valence-electron chi connectivity index (χ4n) is 1.89. The molecule has 3 rings (SSSR count). The lowest BCUT2D eigenvalue weighted by molar-refractivity contribution is 0.456. The van der Waals surface area contributed by atoms with Crippen molar-refractivity contribution in [1.82, 2.24) is 10.9 Å². The second-order valence-corrected chi connectivity index (χ2v) is 3.38. The van der Waals surface area contributed by atoms with Gasteiger partial charge in [0.1, 0.15) is 0 Å². The number of hydrogen-bond donors (Lipinski definition) is 2. The van der Waals surface area contributed by atoms with E-state index in [0.29, 0.717) is 0 Å². The summed E-state index contributed by atoms with van der Waals surface area (Å²) >= 11 is 0. The topological polar surface area (TPSA) is 48.8 Å². The van der Waals surface area contributed by atoms with Gasteiger partial charge >= 0.3 is 0 Å². The molecule has 1 aromatic carbocycles. The molecule has 0 saturated carbocycles. The molecule has 0 spiro atoms. The van der Waals surface area contributed by atoms with Crippen molar-refractivity contribution in [3.8, 4) is 0 Å². The molecule has 0 radical (unpaired) electrons. The zero-order chi connectivity index (χ0) is 9.38. The summed E-state index contributed by atoms with van der Waals surface area (Å²) in [6.07, 6.45) is 3.74. The van der Waals surface area contributed by atoms with Crippen LogP contribution in [0.1, 0.15) is 17.2 Å². The predicted octanol–water partition coefficient (Wildman–Crippen LogP) is 1.95. The molecule has 0 bridgehead atoms. The number of nitrogens with zero attached hydrogens (tertiary/aromatic N) is 2. The van der Waals surface area contributed by atoms with Gasteiger partial charge in [-0.15, -0.1) is 0 Å². The molecular formula is C10H10N4. The minimum atomic E-state index is 0.185. The average molecular weight is 186 g/mol. The third kappa shape index (κ3) is 1.08. The molecule has 70 valence electrons. The van der Waals surface area contributed by atoms with Crippen LogP contribution < -0.4 is 10.9 Å². The van der Waals surface area contributed by atoms with Crippen molar-refractivity contribution in [3.63, 3.8) is 0 Å². The Morgan fingerprint density at radius 1 is 1.36 bits per heavy atom. The summed E-state index contributed by atoms with van der Waals surface area (Å²) in [6, 6.07) is 6.32. The molecule has 2 aliphatic rings. The van der Waals surface area contributed by atoms with Gasteiger partial charge < -0.3 is 0 Å². The quantitative estimate of drug-likeness (QED) is 0.650. The lowest BCUT2D eigenvalue weighted by Gasteiger charge is -2.25. The SMILES string of the molecule is C1=CC2NNCc3cccc(c32)N=N1. The summed E-state index contributed by atoms with van der Waals surface area (Å²) in [6.45, 7) is 0.836. The Kier molecular flexibility index (Phi) is 1.68. The van der Waals surface area contributed by atoms with Gasteiger partial charge in [0.2, 0.25) is 0 Å². The van der Waals surface area contributed by atoms with Crippen LogP contribution in [0.5, 0.6) is 0 Å². The number of hydrogen-bond acceptors (Lipinski definition) is 4. The van der Waals surface area contributed by atoms with Crippen LogP contribution in [-0.2, 0) is 6.54 Å². The van der Waals surface area contributed by atoms with Crippen molar-refractivity contribution in [2.75, 3.05) is 0 Å². The van der Waals surface area contributed by atoms with Crippen LogP contribution >= 0.6 is 0 Å². The first-order valence-electron chi connectivity index (χ1n) is 4.63. The van der Waals surface area contributed by atoms with Crippen molar-refractivity contribution >= 4 is 5.69 Å². The summed E-state index contributed by atoms with van der Waals surface area (Å²) in [7, 11) is 0. The standard InChI is InChI=1S/C10H10N4/c1-2-7-6-12-14-9-4-5-11-13-8(3-1)10(7)9/h1-5,9,12,14H,6H2. The first-order valence-corrected chi connectivity index (χ1v) is 4.63. The normalized spacial score (nSPS) is 23.0. The molecule has 1 unspecified atom stereocenters. The Morgan fingerprint density at radius 2 is 2.36 bits per heavy atom. The average Bonchev–Trinajstić information content (AvgIpc) is 2.44. The summed E-state index contributed by atoms with van der Waals surface area (Å²) in [4.78, 5) is 0. The zero-order valence-corrected chi connectivity index (χ0v) is 7.57. The number of benzene rings is 1. The first-order chi connectivity index (χ1) is 6.95. The van der Waals surface area contributed by atoms with Crippen molar-refractivity contribution in [1.29, 1.82) is 0 Å². The van der Waals surface area contributed by atoms with Gasteiger partial charge in [-0.3, -0.25) is 5.43 Å². The summed E-state index contributed by atoms with van der Waals surface area (Å²) in [5.41, 5.74) is 9.84. The van der Waals surface area contributed by atoms with Crippen LogP contribution in [0.25, 0.3) is 0 Å². The number of hydrazine groups is 1. The second-order valence-electron chi connectivity index (χ2n) is 3.38. The van der Waals surface area contributed by atoms with Crippen molar-refractivity contribution in [3.05, 3.63) is 41.6 Å². The van der Waals surface area contributed by atoms with E-state index in [9.17, 15) is 0 Å². The molecule has 2 aliphatic heterocycles. The largest absolute Gasteiger partial charge is 0.253 e. The lowest BCUT2D eigenvalue weighted by Crippen LogP contribution is -2.39. The second kappa shape index (κ2) is 3.01. The van der Waals surface area contributed by atoms with E-state index in [1.165, 1.54) is 11.1 Å². The van der Waals surface area contributed by atoms with E-state index < -0.39 is 0 Å². The van der Waals surface area contributed by atoms with Crippen molar-refractivity contribution in [2.24, 2.45) is 10.2 Å². The molecule has 0 saturated heterocycles. The van der Waals surface area contributed by atoms with Gasteiger partial charge in [0, 0.05) is 18.3 Å². The van der Waals surface area contributed by atoms with Crippen LogP contribution in [0.2, 0.25) is 0 Å². The first kappa shape index (κ1) is 7.84. The van der Waals surface area contributed by atoms with Gasteiger partial charge in [0.25, 0.3) is 0 Å². The van der Waals surface area contributed by atoms with Crippen LogP contribution in [-0.4, -0.2) is 0 Å². The Morgan fingerprint density at radius 3 is 3.36 bits per heavy atom. The Balaban J connectivity index is 2.26. The van der Waals surface area contributed by atoms with Gasteiger partial charge in [-0.2, -0.15) is 10.2 Å². The molecule has 14 heavy (non-hydrogen) atoms. The Bertz CT molecular complexity index is 422. The van der Waals surface area contributed by atoms with Crippen LogP contribution in [0.3, 0.4) is 0 Å². The maximum atomic E-state index is 4.15. The van der Waals surface area contributed by atoms with Crippen LogP contribution in [0.4, 0.5) is 5.69 Å². The molecule has 4 nitrogen and oxygen atoms in total. The Labute approximate surface area is 81.7 Å². The number of nitrogens with one attached hydrogen (secondary N) is 2. The highest BCUT2D eigenvalue weighted by Gasteiger charge is 2.21. The Hall–Kier alpha value is -1.52. The summed E-state index contributed by atoms with van der Waals surface area (Å²) in [5.74, 6) is 0. The van der Waals surface area contributed by atoms with E-state index in [2.05, 4.69) is 27.1 Å². The maximum Gasteiger partial charge on any atom is 0.0911 e. The zero-order valence-electron chi connectivity index (χ0n) is 7.57. The molecule has 0 aliphatic carbocycles. The minimum Gasteiger partial charge on any atom is -0.253 e. The number of rotatable bonds is 0. The van der Waals surface area contributed by atoms with Crippen LogP contribution in [0, 0.1) is 0 Å². The van der Waals surface area contributed by atoms with Crippen LogP contribution in [0.15, 0.2) is 40.7 Å². The summed E-state index contributed by atoms with van der Waals surface area (Å²) in [5, 5.41) is 8.11. The highest BCUT2D eigenvalue weighted by Crippen LogP contribution is 2.33. The van der Waals surface area contributed by atoms with Crippen molar-refractivity contribution in [2.45, 2.75) is 12.6 Å². The molecule has 0 amide bonds. The molecule has 2 N–H and O–H groups in total. The summed E-state index contributed by atoms with van der Waals surface area (Å²) < 4.78 is 0. The van der Waals surface area contributed by atoms with Gasteiger partial charge in [0.05, 0.1) is 11.7 Å². The third-order valence-corrected chi connectivity index (χ3v) is 2.53. The van der Waals surface area contributed by atoms with E-state index in [-0.39, 0.29) is 6.04 Å². The lowest BCUT2D eigenvalue weighted by atomic mass is 9.97. The smallest absolute Gasteiger partial charge is 0.0911 e. The van der Waals surface area contributed by atoms with E-state index >= 15 is 0 Å². The maximum absolute atomic E-state index is 4.15. The van der Waals surface area contributed by atoms with Gasteiger partial charge in [-0.25, -0.2) is 5.43 Å². The predicted molar refractivity (Wildman–Crippen MR) is 52.8 cm³/mol. The van der Waals surface area contributed by atoms with E-state index in [0.717, 1.165) is 12.2 Å². The van der Waals surface area contributed by atoms with E-state index in [1.54, 1.807) is 6.20 Å². The monoisotopic (exact) mass is 186 g/mol. The third-order valence-electron chi connectivity index (χ3n) is 2.53. The van der Waals surface area contributed by atoms with Gasteiger partial charge in [0.15, 0.2) is 0 Å². The molecule has 1 atom stereocenters. The highest BCUT2D eigenvalue weighted by atomic mass is 15.4. The molecule has 0 fully saturated rings. The van der Waals surface area contributed by atoms with Crippen molar-refractivity contribution < 1.29 is 0 Å². The minimum absolute atomic E-state index is 0.185. The molecule has 2 heterocycles. The van der Waals surface area contributed by atoms with Gasteiger partial charge in [-0.05, 0) is 17.7 Å². The fourth-order valence-corrected chi connectivity index (χ4v) is 1.89. The highest BCUT2D eigenvalue weighted by molar-refractivity contribution is 5.54. The fraction of sp³-hybridized carbons (Fsp3) is 0.200. The van der Waals surface area contributed by atoms with E-state index in [4.69, 9.17) is 0 Å². The molecular weight excluding hydrogens is 176 g/mol.